The Morgan fingerprint density at radius 2 is 2.05 bits per heavy atom. The molecule has 0 saturated heterocycles. The van der Waals surface area contributed by atoms with Gasteiger partial charge in [-0.15, -0.1) is 0 Å². The van der Waals surface area contributed by atoms with Crippen molar-refractivity contribution in [2.75, 3.05) is 7.05 Å². The molecule has 1 N–H and O–H groups in total. The van der Waals surface area contributed by atoms with E-state index in [1.165, 1.54) is 48.6 Å². The Morgan fingerprint density at radius 1 is 1.16 bits per heavy atom. The van der Waals surface area contributed by atoms with Crippen molar-refractivity contribution in [1.29, 1.82) is 0 Å². The lowest BCUT2D eigenvalue weighted by molar-refractivity contribution is 0.585. The van der Waals surface area contributed by atoms with Crippen LogP contribution in [0.5, 0.6) is 0 Å². The quantitative estimate of drug-likeness (QED) is 0.812. The molecule has 1 heterocycles. The van der Waals surface area contributed by atoms with E-state index in [9.17, 15) is 0 Å². The van der Waals surface area contributed by atoms with Crippen molar-refractivity contribution in [3.63, 3.8) is 0 Å². The Morgan fingerprint density at radius 3 is 2.95 bits per heavy atom. The van der Waals surface area contributed by atoms with Crippen LogP contribution in [0.4, 0.5) is 0 Å². The van der Waals surface area contributed by atoms with E-state index in [2.05, 4.69) is 23.5 Å². The van der Waals surface area contributed by atoms with Crippen LogP contribution in [0.1, 0.15) is 43.7 Å². The van der Waals surface area contributed by atoms with E-state index in [1.54, 1.807) is 0 Å². The molecule has 19 heavy (non-hydrogen) atoms. The van der Waals surface area contributed by atoms with Crippen molar-refractivity contribution in [3.05, 3.63) is 47.7 Å². The molecule has 1 aliphatic carbocycles. The van der Waals surface area contributed by atoms with Crippen molar-refractivity contribution in [3.8, 4) is 0 Å². The summed E-state index contributed by atoms with van der Waals surface area (Å²) in [6.45, 7) is 0. The summed E-state index contributed by atoms with van der Waals surface area (Å²) in [4.78, 5) is 0. The Labute approximate surface area is 114 Å². The lowest BCUT2D eigenvalue weighted by Crippen LogP contribution is -2.18. The molecule has 1 aromatic carbocycles. The first-order valence-electron chi connectivity index (χ1n) is 7.22. The monoisotopic (exact) mass is 255 g/mol. The first-order chi connectivity index (χ1) is 9.40. The van der Waals surface area contributed by atoms with Crippen LogP contribution >= 0.6 is 0 Å². The predicted molar refractivity (Wildman–Crippen MR) is 79.2 cm³/mol. The van der Waals surface area contributed by atoms with Gasteiger partial charge in [-0.2, -0.15) is 0 Å². The number of hydrogen-bond donors (Lipinski definition) is 1. The molecule has 0 amide bonds. The van der Waals surface area contributed by atoms with Crippen molar-refractivity contribution >= 4 is 11.0 Å². The number of fused-ring (bicyclic) bond motifs is 1. The SMILES string of the molecule is CNC(C1=CCCCCC1)c1coc2ccccc12. The van der Waals surface area contributed by atoms with Gasteiger partial charge in [-0.25, -0.2) is 0 Å². The molecule has 100 valence electrons. The van der Waals surface area contributed by atoms with E-state index in [4.69, 9.17) is 4.42 Å². The maximum absolute atomic E-state index is 5.69. The van der Waals surface area contributed by atoms with Gasteiger partial charge in [-0.1, -0.05) is 36.3 Å². The third-order valence-corrected chi connectivity index (χ3v) is 4.06. The van der Waals surface area contributed by atoms with Gasteiger partial charge in [0.05, 0.1) is 12.3 Å². The largest absolute Gasteiger partial charge is 0.464 e. The first kappa shape index (κ1) is 12.5. The molecule has 1 aromatic heterocycles. The maximum Gasteiger partial charge on any atom is 0.134 e. The summed E-state index contributed by atoms with van der Waals surface area (Å²) >= 11 is 0. The summed E-state index contributed by atoms with van der Waals surface area (Å²) in [6.07, 6.45) is 10.7. The zero-order chi connectivity index (χ0) is 13.1. The molecule has 0 aliphatic heterocycles. The molecule has 1 unspecified atom stereocenters. The number of nitrogens with one attached hydrogen (secondary N) is 1. The second kappa shape index (κ2) is 5.62. The lowest BCUT2D eigenvalue weighted by atomic mass is 9.95. The van der Waals surface area contributed by atoms with Crippen molar-refractivity contribution in [2.24, 2.45) is 0 Å². The highest BCUT2D eigenvalue weighted by Crippen LogP contribution is 2.33. The normalized spacial score (nSPS) is 18.1. The molecule has 2 aromatic rings. The van der Waals surface area contributed by atoms with Crippen LogP contribution in [0, 0.1) is 0 Å². The number of allylic oxidation sites excluding steroid dienone is 1. The van der Waals surface area contributed by atoms with Gasteiger partial charge < -0.3 is 9.73 Å². The number of furan rings is 1. The van der Waals surface area contributed by atoms with E-state index in [1.807, 2.05) is 25.4 Å². The van der Waals surface area contributed by atoms with Crippen LogP contribution in [-0.2, 0) is 0 Å². The van der Waals surface area contributed by atoms with Crippen LogP contribution in [0.3, 0.4) is 0 Å². The molecule has 1 atom stereocenters. The second-order valence-corrected chi connectivity index (χ2v) is 5.29. The summed E-state index contributed by atoms with van der Waals surface area (Å²) in [7, 11) is 2.04. The minimum absolute atomic E-state index is 0.293. The Hall–Kier alpha value is -1.54. The molecule has 1 aliphatic rings. The van der Waals surface area contributed by atoms with Crippen molar-refractivity contribution in [2.45, 2.75) is 38.1 Å². The van der Waals surface area contributed by atoms with Gasteiger partial charge in [0, 0.05) is 10.9 Å². The minimum Gasteiger partial charge on any atom is -0.464 e. The van der Waals surface area contributed by atoms with E-state index in [0.29, 0.717) is 6.04 Å². The van der Waals surface area contributed by atoms with Gasteiger partial charge in [-0.3, -0.25) is 0 Å². The van der Waals surface area contributed by atoms with E-state index in [0.717, 1.165) is 5.58 Å². The van der Waals surface area contributed by atoms with Crippen LogP contribution < -0.4 is 5.32 Å². The maximum atomic E-state index is 5.69. The second-order valence-electron chi connectivity index (χ2n) is 5.29. The van der Waals surface area contributed by atoms with Crippen molar-refractivity contribution in [1.82, 2.24) is 5.32 Å². The molecule has 3 rings (SSSR count). The van der Waals surface area contributed by atoms with Gasteiger partial charge in [-0.05, 0) is 38.8 Å². The topological polar surface area (TPSA) is 25.2 Å². The summed E-state index contributed by atoms with van der Waals surface area (Å²) in [6, 6.07) is 8.58. The number of hydrogen-bond acceptors (Lipinski definition) is 2. The van der Waals surface area contributed by atoms with Gasteiger partial charge in [0.2, 0.25) is 0 Å². The Kier molecular flexibility index (Phi) is 3.69. The van der Waals surface area contributed by atoms with E-state index in [-0.39, 0.29) is 0 Å². The fraction of sp³-hybridized carbons (Fsp3) is 0.412. The predicted octanol–water partition coefficient (Wildman–Crippen LogP) is 4.58. The number of benzene rings is 1. The summed E-state index contributed by atoms with van der Waals surface area (Å²) < 4.78 is 5.69. The standard InChI is InChI=1S/C17H21NO/c1-18-17(13-8-4-2-3-5-9-13)15-12-19-16-11-7-6-10-14(15)16/h6-8,10-12,17-18H,2-5,9H2,1H3. The van der Waals surface area contributed by atoms with Gasteiger partial charge in [0.1, 0.15) is 5.58 Å². The zero-order valence-electron chi connectivity index (χ0n) is 11.5. The average molecular weight is 255 g/mol. The molecule has 0 fully saturated rings. The van der Waals surface area contributed by atoms with Crippen LogP contribution in [-0.4, -0.2) is 7.05 Å². The average Bonchev–Trinajstić information content (AvgIpc) is 2.69. The molecule has 2 nitrogen and oxygen atoms in total. The molecular formula is C17H21NO. The fourth-order valence-corrected chi connectivity index (χ4v) is 3.06. The summed E-state index contributed by atoms with van der Waals surface area (Å²) in [5.74, 6) is 0. The smallest absolute Gasteiger partial charge is 0.134 e. The Balaban J connectivity index is 1.99. The molecule has 0 spiro atoms. The van der Waals surface area contributed by atoms with Gasteiger partial charge >= 0.3 is 0 Å². The fourth-order valence-electron chi connectivity index (χ4n) is 3.06. The third kappa shape index (κ3) is 2.45. The molecule has 2 heteroatoms. The highest BCUT2D eigenvalue weighted by molar-refractivity contribution is 5.81. The van der Waals surface area contributed by atoms with Crippen LogP contribution in [0.15, 0.2) is 46.6 Å². The van der Waals surface area contributed by atoms with Crippen LogP contribution in [0.25, 0.3) is 11.0 Å². The van der Waals surface area contributed by atoms with Crippen LogP contribution in [0.2, 0.25) is 0 Å². The van der Waals surface area contributed by atoms with E-state index < -0.39 is 0 Å². The summed E-state index contributed by atoms with van der Waals surface area (Å²) in [5.41, 5.74) is 3.77. The highest BCUT2D eigenvalue weighted by atomic mass is 16.3. The molecule has 0 radical (unpaired) electrons. The molecular weight excluding hydrogens is 234 g/mol. The minimum atomic E-state index is 0.293. The molecule has 0 saturated carbocycles. The zero-order valence-corrected chi connectivity index (χ0v) is 11.5. The molecule has 0 bridgehead atoms. The number of para-hydroxylation sites is 1. The third-order valence-electron chi connectivity index (χ3n) is 4.06. The van der Waals surface area contributed by atoms with Crippen molar-refractivity contribution < 1.29 is 4.42 Å². The Bertz CT molecular complexity index is 582. The van der Waals surface area contributed by atoms with E-state index >= 15 is 0 Å². The highest BCUT2D eigenvalue weighted by Gasteiger charge is 2.19. The number of likely N-dealkylation sites (N-methyl/N-ethyl adjacent to an activating group) is 1. The number of rotatable bonds is 3. The first-order valence-corrected chi connectivity index (χ1v) is 7.22. The van der Waals surface area contributed by atoms with Gasteiger partial charge in [0.15, 0.2) is 0 Å². The lowest BCUT2D eigenvalue weighted by Gasteiger charge is -2.18. The van der Waals surface area contributed by atoms with Gasteiger partial charge in [0.25, 0.3) is 0 Å². The summed E-state index contributed by atoms with van der Waals surface area (Å²) in [5, 5.41) is 4.69.